The molecule has 4 rings (SSSR count). The zero-order valence-corrected chi connectivity index (χ0v) is 19.4. The largest absolute Gasteiger partial charge is 0.481 e. The number of alkyl halides is 2. The fourth-order valence-electron chi connectivity index (χ4n) is 4.66. The first-order chi connectivity index (χ1) is 16.7. The van der Waals surface area contributed by atoms with Gasteiger partial charge in [-0.3, -0.25) is 9.59 Å². The number of alkyl carbamates (subject to hydrolysis) is 1. The van der Waals surface area contributed by atoms with Gasteiger partial charge in [0.05, 0.1) is 0 Å². The van der Waals surface area contributed by atoms with E-state index in [-0.39, 0.29) is 31.9 Å². The molecule has 2 aromatic rings. The Balaban J connectivity index is 1.40. The lowest BCUT2D eigenvalue weighted by atomic mass is 9.98. The molecule has 1 unspecified atom stereocenters. The first-order valence-corrected chi connectivity index (χ1v) is 11.7. The molecule has 9 heteroatoms. The molecule has 0 spiro atoms. The highest BCUT2D eigenvalue weighted by atomic mass is 19.3. The van der Waals surface area contributed by atoms with Gasteiger partial charge >= 0.3 is 18.0 Å². The number of hydrogen-bond acceptors (Lipinski definition) is 4. The molecule has 1 fully saturated rings. The van der Waals surface area contributed by atoms with Crippen molar-refractivity contribution in [2.45, 2.75) is 43.6 Å². The second-order valence-corrected chi connectivity index (χ2v) is 9.13. The molecule has 0 saturated heterocycles. The lowest BCUT2D eigenvalue weighted by Crippen LogP contribution is -2.57. The van der Waals surface area contributed by atoms with Gasteiger partial charge in [-0.05, 0) is 47.4 Å². The van der Waals surface area contributed by atoms with E-state index in [9.17, 15) is 14.4 Å². The van der Waals surface area contributed by atoms with Crippen LogP contribution in [0.15, 0.2) is 48.5 Å². The number of carboxylic acid groups (broad SMARTS) is 1. The smallest absolute Gasteiger partial charge is 0.407 e. The van der Waals surface area contributed by atoms with Crippen LogP contribution in [0.5, 0.6) is 0 Å². The van der Waals surface area contributed by atoms with E-state index in [0.717, 1.165) is 27.2 Å². The monoisotopic (exact) mass is 486 g/mol. The van der Waals surface area contributed by atoms with Gasteiger partial charge in [0, 0.05) is 25.9 Å². The van der Waals surface area contributed by atoms with Crippen LogP contribution in [-0.4, -0.2) is 60.1 Å². The lowest BCUT2D eigenvalue weighted by molar-refractivity contribution is -0.161. The fraction of sp³-hybridized carbons (Fsp3) is 0.423. The minimum atomic E-state index is -3.84. The van der Waals surface area contributed by atoms with E-state index in [4.69, 9.17) is 9.84 Å². The minimum Gasteiger partial charge on any atom is -0.481 e. The summed E-state index contributed by atoms with van der Waals surface area (Å²) in [5.41, 5.74) is 4.11. The fourth-order valence-corrected chi connectivity index (χ4v) is 4.66. The van der Waals surface area contributed by atoms with E-state index in [1.165, 1.54) is 7.05 Å². The van der Waals surface area contributed by atoms with E-state index in [2.05, 4.69) is 5.32 Å². The summed E-state index contributed by atoms with van der Waals surface area (Å²) in [6.07, 6.45) is -0.223. The maximum absolute atomic E-state index is 15.1. The van der Waals surface area contributed by atoms with Crippen molar-refractivity contribution in [3.8, 4) is 11.1 Å². The molecule has 2 aliphatic carbocycles. The molecule has 7 nitrogen and oxygen atoms in total. The maximum Gasteiger partial charge on any atom is 0.407 e. The number of ether oxygens (including phenoxy) is 1. The Morgan fingerprint density at radius 3 is 2.20 bits per heavy atom. The molecule has 0 bridgehead atoms. The average molecular weight is 487 g/mol. The van der Waals surface area contributed by atoms with Crippen LogP contribution in [0.2, 0.25) is 0 Å². The number of benzene rings is 2. The van der Waals surface area contributed by atoms with E-state index in [1.54, 1.807) is 0 Å². The van der Waals surface area contributed by atoms with Gasteiger partial charge in [-0.1, -0.05) is 48.5 Å². The van der Waals surface area contributed by atoms with Crippen LogP contribution in [-0.2, 0) is 14.3 Å². The SMILES string of the molecule is CN(CCCC(=O)O)C(=O)C(F)(F)C(NC(=O)OCC1c2ccccc2-c2ccccc21)C1CC1. The number of carboxylic acids is 1. The van der Waals surface area contributed by atoms with Gasteiger partial charge in [-0.15, -0.1) is 0 Å². The summed E-state index contributed by atoms with van der Waals surface area (Å²) >= 11 is 0. The third kappa shape index (κ3) is 5.28. The summed E-state index contributed by atoms with van der Waals surface area (Å²) in [6, 6.07) is 13.9. The van der Waals surface area contributed by atoms with Crippen molar-refractivity contribution in [2.75, 3.05) is 20.2 Å². The second kappa shape index (κ2) is 10.0. The summed E-state index contributed by atoms with van der Waals surface area (Å²) in [6.45, 7) is -0.144. The standard InChI is InChI=1S/C26H28F2N2O5/c1-30(14-6-11-22(31)32)24(33)26(27,28)23(16-12-13-16)29-25(34)35-15-21-19-9-4-2-7-17(19)18-8-3-5-10-20(18)21/h2-5,7-10,16,21,23H,6,11-15H2,1H3,(H,29,34)(H,31,32). The van der Waals surface area contributed by atoms with Gasteiger partial charge in [0.25, 0.3) is 5.91 Å². The van der Waals surface area contributed by atoms with Crippen molar-refractivity contribution in [1.29, 1.82) is 0 Å². The molecule has 0 radical (unpaired) electrons. The molecular weight excluding hydrogens is 458 g/mol. The predicted molar refractivity (Wildman–Crippen MR) is 124 cm³/mol. The lowest BCUT2D eigenvalue weighted by Gasteiger charge is -2.30. The Morgan fingerprint density at radius 2 is 1.66 bits per heavy atom. The molecule has 2 N–H and O–H groups in total. The Labute approximate surface area is 202 Å². The highest BCUT2D eigenvalue weighted by molar-refractivity contribution is 5.85. The number of hydrogen-bond donors (Lipinski definition) is 2. The van der Waals surface area contributed by atoms with Gasteiger partial charge < -0.3 is 20.1 Å². The molecule has 1 atom stereocenters. The van der Waals surface area contributed by atoms with Crippen LogP contribution >= 0.6 is 0 Å². The number of rotatable bonds is 10. The van der Waals surface area contributed by atoms with E-state index in [0.29, 0.717) is 12.8 Å². The van der Waals surface area contributed by atoms with Gasteiger partial charge in [0.1, 0.15) is 12.6 Å². The number of aliphatic carboxylic acids is 1. The number of carbonyl (C=O) groups is 3. The van der Waals surface area contributed by atoms with Crippen molar-refractivity contribution in [2.24, 2.45) is 5.92 Å². The van der Waals surface area contributed by atoms with Crippen molar-refractivity contribution in [1.82, 2.24) is 10.2 Å². The zero-order chi connectivity index (χ0) is 25.2. The van der Waals surface area contributed by atoms with Crippen LogP contribution in [0.1, 0.15) is 42.7 Å². The summed E-state index contributed by atoms with van der Waals surface area (Å²) in [4.78, 5) is 36.5. The van der Waals surface area contributed by atoms with Crippen LogP contribution < -0.4 is 5.32 Å². The molecule has 186 valence electrons. The number of amides is 2. The number of nitrogens with zero attached hydrogens (tertiary/aromatic N) is 1. The van der Waals surface area contributed by atoms with Crippen molar-refractivity contribution in [3.05, 3.63) is 59.7 Å². The minimum absolute atomic E-state index is 0.0220. The van der Waals surface area contributed by atoms with E-state index >= 15 is 8.78 Å². The van der Waals surface area contributed by atoms with Crippen LogP contribution in [0.3, 0.4) is 0 Å². The Hall–Kier alpha value is -3.49. The molecule has 0 heterocycles. The summed E-state index contributed by atoms with van der Waals surface area (Å²) in [5.74, 6) is -7.09. The van der Waals surface area contributed by atoms with E-state index in [1.807, 2.05) is 48.5 Å². The zero-order valence-electron chi connectivity index (χ0n) is 19.4. The highest BCUT2D eigenvalue weighted by Gasteiger charge is 2.55. The number of halogens is 2. The molecule has 35 heavy (non-hydrogen) atoms. The highest BCUT2D eigenvalue weighted by Crippen LogP contribution is 2.44. The molecule has 2 aliphatic rings. The average Bonchev–Trinajstić information content (AvgIpc) is 3.62. The van der Waals surface area contributed by atoms with Gasteiger partial charge in [-0.2, -0.15) is 8.78 Å². The molecule has 1 saturated carbocycles. The first-order valence-electron chi connectivity index (χ1n) is 11.7. The van der Waals surface area contributed by atoms with Crippen LogP contribution in [0.25, 0.3) is 11.1 Å². The van der Waals surface area contributed by atoms with Crippen LogP contribution in [0, 0.1) is 5.92 Å². The van der Waals surface area contributed by atoms with Gasteiger partial charge in [0.2, 0.25) is 0 Å². The Kier molecular flexibility index (Phi) is 7.05. The number of carbonyl (C=O) groups excluding carboxylic acids is 2. The van der Waals surface area contributed by atoms with E-state index < -0.39 is 35.9 Å². The van der Waals surface area contributed by atoms with Gasteiger partial charge in [-0.25, -0.2) is 4.79 Å². The molecular formula is C26H28F2N2O5. The molecule has 2 aromatic carbocycles. The second-order valence-electron chi connectivity index (χ2n) is 9.13. The van der Waals surface area contributed by atoms with Gasteiger partial charge in [0.15, 0.2) is 0 Å². The third-order valence-electron chi connectivity index (χ3n) is 6.62. The summed E-state index contributed by atoms with van der Waals surface area (Å²) < 4.78 is 35.7. The van der Waals surface area contributed by atoms with Crippen molar-refractivity contribution < 1.29 is 33.0 Å². The van der Waals surface area contributed by atoms with Crippen LogP contribution in [0.4, 0.5) is 13.6 Å². The first kappa shape index (κ1) is 24.6. The quantitative estimate of drug-likeness (QED) is 0.523. The molecule has 0 aliphatic heterocycles. The Bertz CT molecular complexity index is 1070. The predicted octanol–water partition coefficient (Wildman–Crippen LogP) is 4.26. The van der Waals surface area contributed by atoms with Crippen molar-refractivity contribution in [3.63, 3.8) is 0 Å². The Morgan fingerprint density at radius 1 is 1.09 bits per heavy atom. The van der Waals surface area contributed by atoms with Crippen molar-refractivity contribution >= 4 is 18.0 Å². The number of fused-ring (bicyclic) bond motifs is 3. The maximum atomic E-state index is 15.1. The molecule has 2 amide bonds. The number of nitrogens with one attached hydrogen (secondary N) is 1. The summed E-state index contributed by atoms with van der Waals surface area (Å²) in [5, 5.41) is 11.0. The topological polar surface area (TPSA) is 95.9 Å². The summed E-state index contributed by atoms with van der Waals surface area (Å²) in [7, 11) is 1.20. The normalized spacial score (nSPS) is 15.6. The molecule has 0 aromatic heterocycles. The third-order valence-corrected chi connectivity index (χ3v) is 6.62.